The van der Waals surface area contributed by atoms with E-state index in [0.717, 1.165) is 10.5 Å². The van der Waals surface area contributed by atoms with Crippen LogP contribution >= 0.6 is 0 Å². The third-order valence-corrected chi connectivity index (χ3v) is 9.28. The number of benzene rings is 2. The van der Waals surface area contributed by atoms with Gasteiger partial charge in [0.1, 0.15) is 24.2 Å². The van der Waals surface area contributed by atoms with Crippen LogP contribution in [0.2, 0.25) is 0 Å². The Morgan fingerprint density at radius 3 is 2.33 bits per heavy atom. The van der Waals surface area contributed by atoms with Crippen molar-refractivity contribution in [2.75, 3.05) is 13.2 Å². The topological polar surface area (TPSA) is 219 Å². The number of aromatic nitrogens is 1. The first-order valence-corrected chi connectivity index (χ1v) is 17.3. The summed E-state index contributed by atoms with van der Waals surface area (Å²) in [7, 11) is 0. The van der Waals surface area contributed by atoms with Gasteiger partial charge in [0, 0.05) is 29.6 Å². The number of aliphatic hydroxyl groups excluding tert-OH is 1. The third-order valence-electron chi connectivity index (χ3n) is 9.28. The van der Waals surface area contributed by atoms with Crippen molar-refractivity contribution in [2.24, 2.45) is 5.92 Å². The summed E-state index contributed by atoms with van der Waals surface area (Å²) in [6.07, 6.45) is -0.0775. The third kappa shape index (κ3) is 8.83. The molecule has 276 valence electrons. The van der Waals surface area contributed by atoms with Crippen molar-refractivity contribution in [1.82, 2.24) is 36.5 Å². The molecule has 1 aromatic heterocycles. The van der Waals surface area contributed by atoms with Gasteiger partial charge in [-0.2, -0.15) is 0 Å². The van der Waals surface area contributed by atoms with Crippen molar-refractivity contribution in [1.29, 1.82) is 0 Å². The summed E-state index contributed by atoms with van der Waals surface area (Å²) in [6, 6.07) is 8.76. The van der Waals surface area contributed by atoms with E-state index >= 15 is 0 Å². The highest BCUT2D eigenvalue weighted by Gasteiger charge is 2.44. The van der Waals surface area contributed by atoms with Crippen LogP contribution in [-0.2, 0) is 24.0 Å². The highest BCUT2D eigenvalue weighted by molar-refractivity contribution is 6.06. The molecule has 0 saturated carbocycles. The second kappa shape index (κ2) is 16.2. The van der Waals surface area contributed by atoms with E-state index in [1.807, 2.05) is 20.8 Å². The van der Waals surface area contributed by atoms with Gasteiger partial charge >= 0.3 is 0 Å². The Morgan fingerprint density at radius 2 is 1.63 bits per heavy atom. The van der Waals surface area contributed by atoms with Gasteiger partial charge in [-0.05, 0) is 50.3 Å². The fourth-order valence-corrected chi connectivity index (χ4v) is 6.66. The average Bonchev–Trinajstić information content (AvgIpc) is 3.53. The SMILES string of the molecule is Cc1ccc2[nH]c(=O)cc(C(=O)N[C@H]3C[C@H]4C(=O)N[C@@H](C)C(=O)N[C@@H](c5ccccc5)CC(=O)N[C@@H](CC(C)C)C(=O)N[C@H](CO)C(=O)N4C3)c2c1. The molecule has 0 bridgehead atoms. The Hall–Kier alpha value is -5.57. The van der Waals surface area contributed by atoms with Gasteiger partial charge in [0.05, 0.1) is 24.6 Å². The van der Waals surface area contributed by atoms with Crippen molar-refractivity contribution in [2.45, 2.75) is 83.2 Å². The Kier molecular flexibility index (Phi) is 11.7. The highest BCUT2D eigenvalue weighted by Crippen LogP contribution is 2.23. The van der Waals surface area contributed by atoms with Gasteiger partial charge in [-0.3, -0.25) is 33.6 Å². The second-order valence-corrected chi connectivity index (χ2v) is 13.9. The minimum absolute atomic E-state index is 0.0485. The maximum absolute atomic E-state index is 14.0. The lowest BCUT2D eigenvalue weighted by Gasteiger charge is -2.30. The molecule has 6 amide bonds. The molecule has 2 aliphatic rings. The quantitative estimate of drug-likeness (QED) is 0.188. The number of hydrogen-bond acceptors (Lipinski definition) is 8. The number of hydrogen-bond donors (Lipinski definition) is 7. The van der Waals surface area contributed by atoms with E-state index in [2.05, 4.69) is 31.6 Å². The maximum atomic E-state index is 14.0. The molecule has 15 heteroatoms. The monoisotopic (exact) mass is 715 g/mol. The number of nitrogens with one attached hydrogen (secondary N) is 6. The standard InChI is InChI=1S/C37H45N7O8/c1-19(2)12-28-35(50)43-29(18-45)37(52)44-17-23(39-34(49)25-15-31(46)40-26-11-10-20(3)13-24(25)26)14-30(44)36(51)38-21(4)33(48)42-27(16-32(47)41-28)22-8-6-5-7-9-22/h5-11,13,15,19,21,23,27-30,45H,12,14,16-18H2,1-4H3,(H,38,51)(H,39,49)(H,40,46)(H,41,47)(H,42,48)(H,43,50)/t21-,23-,27+,28-,29+,30-/m0/s1. The molecule has 0 unspecified atom stereocenters. The first-order chi connectivity index (χ1) is 24.7. The van der Waals surface area contributed by atoms with Crippen LogP contribution in [0.3, 0.4) is 0 Å². The molecule has 15 nitrogen and oxygen atoms in total. The molecule has 0 spiro atoms. The van der Waals surface area contributed by atoms with Crippen LogP contribution in [0.15, 0.2) is 59.4 Å². The van der Waals surface area contributed by atoms with Crippen LogP contribution < -0.4 is 32.1 Å². The molecule has 6 atom stereocenters. The van der Waals surface area contributed by atoms with Gasteiger partial charge < -0.3 is 41.6 Å². The van der Waals surface area contributed by atoms with E-state index < -0.39 is 83.9 Å². The van der Waals surface area contributed by atoms with Crippen molar-refractivity contribution in [3.63, 3.8) is 0 Å². The first-order valence-electron chi connectivity index (χ1n) is 17.3. The Morgan fingerprint density at radius 1 is 0.904 bits per heavy atom. The van der Waals surface area contributed by atoms with Crippen LogP contribution in [0.1, 0.15) is 67.6 Å². The van der Waals surface area contributed by atoms with E-state index in [1.165, 1.54) is 13.0 Å². The molecular weight excluding hydrogens is 670 g/mol. The normalized spacial score (nSPS) is 24.9. The summed E-state index contributed by atoms with van der Waals surface area (Å²) >= 11 is 0. The zero-order valence-corrected chi connectivity index (χ0v) is 29.5. The summed E-state index contributed by atoms with van der Waals surface area (Å²) in [4.78, 5) is 98.1. The molecule has 7 N–H and O–H groups in total. The summed E-state index contributed by atoms with van der Waals surface area (Å²) in [5.74, 6) is -3.99. The van der Waals surface area contributed by atoms with E-state index in [0.29, 0.717) is 16.5 Å². The molecule has 2 fully saturated rings. The number of pyridine rings is 1. The highest BCUT2D eigenvalue weighted by atomic mass is 16.3. The summed E-state index contributed by atoms with van der Waals surface area (Å²) in [5, 5.41) is 24.4. The molecule has 2 saturated heterocycles. The minimum Gasteiger partial charge on any atom is -0.394 e. The molecule has 5 rings (SSSR count). The second-order valence-electron chi connectivity index (χ2n) is 13.9. The number of amides is 6. The summed E-state index contributed by atoms with van der Waals surface area (Å²) in [5.41, 5.74) is 1.57. The number of nitrogens with zero attached hydrogens (tertiary/aromatic N) is 1. The average molecular weight is 716 g/mol. The molecule has 0 radical (unpaired) electrons. The zero-order chi connectivity index (χ0) is 37.7. The fraction of sp³-hybridized carbons (Fsp3) is 0.432. The van der Waals surface area contributed by atoms with Crippen LogP contribution in [0.4, 0.5) is 0 Å². The number of aryl methyl sites for hydroxylation is 1. The lowest BCUT2D eigenvalue weighted by atomic mass is 10.00. The van der Waals surface area contributed by atoms with Gasteiger partial charge in [0.25, 0.3) is 5.91 Å². The molecular formula is C37H45N7O8. The molecule has 3 heterocycles. The van der Waals surface area contributed by atoms with Crippen LogP contribution in [0.25, 0.3) is 10.9 Å². The molecule has 2 aromatic carbocycles. The van der Waals surface area contributed by atoms with Crippen molar-refractivity contribution < 1.29 is 33.9 Å². The predicted octanol–water partition coefficient (Wildman–Crippen LogP) is 0.310. The van der Waals surface area contributed by atoms with E-state index in [1.54, 1.807) is 48.5 Å². The van der Waals surface area contributed by atoms with Crippen molar-refractivity contribution in [3.8, 4) is 0 Å². The van der Waals surface area contributed by atoms with Crippen molar-refractivity contribution >= 4 is 46.3 Å². The fourth-order valence-electron chi connectivity index (χ4n) is 6.66. The Bertz CT molecular complexity index is 1910. The Labute approximate surface area is 300 Å². The van der Waals surface area contributed by atoms with Gasteiger partial charge in [-0.25, -0.2) is 0 Å². The largest absolute Gasteiger partial charge is 0.394 e. The van der Waals surface area contributed by atoms with E-state index in [9.17, 15) is 38.7 Å². The summed E-state index contributed by atoms with van der Waals surface area (Å²) < 4.78 is 0. The van der Waals surface area contributed by atoms with Gasteiger partial charge in [0.2, 0.25) is 35.1 Å². The predicted molar refractivity (Wildman–Crippen MR) is 191 cm³/mol. The first kappa shape index (κ1) is 37.7. The minimum atomic E-state index is -1.49. The van der Waals surface area contributed by atoms with Crippen LogP contribution in [-0.4, -0.2) is 93.8 Å². The lowest BCUT2D eigenvalue weighted by Crippen LogP contribution is -2.59. The number of fused-ring (bicyclic) bond motifs is 2. The summed E-state index contributed by atoms with van der Waals surface area (Å²) in [6.45, 7) is 6.03. The van der Waals surface area contributed by atoms with E-state index in [-0.39, 0.29) is 37.3 Å². The molecule has 52 heavy (non-hydrogen) atoms. The number of H-pyrrole nitrogens is 1. The lowest BCUT2D eigenvalue weighted by molar-refractivity contribution is -0.143. The Balaban J connectivity index is 1.46. The van der Waals surface area contributed by atoms with Gasteiger partial charge in [-0.15, -0.1) is 0 Å². The van der Waals surface area contributed by atoms with Gasteiger partial charge in [0.15, 0.2) is 0 Å². The van der Waals surface area contributed by atoms with Crippen molar-refractivity contribution in [3.05, 3.63) is 81.6 Å². The molecule has 2 aliphatic heterocycles. The maximum Gasteiger partial charge on any atom is 0.252 e. The number of carbonyl (C=O) groups is 6. The van der Waals surface area contributed by atoms with Gasteiger partial charge in [-0.1, -0.05) is 55.8 Å². The zero-order valence-electron chi connectivity index (χ0n) is 29.5. The van der Waals surface area contributed by atoms with Crippen LogP contribution in [0.5, 0.6) is 0 Å². The van der Waals surface area contributed by atoms with E-state index in [4.69, 9.17) is 0 Å². The van der Waals surface area contributed by atoms with Crippen LogP contribution in [0, 0.1) is 12.8 Å². The number of aliphatic hydroxyl groups is 1. The number of aromatic amines is 1. The smallest absolute Gasteiger partial charge is 0.252 e. The number of carbonyl (C=O) groups excluding carboxylic acids is 6. The number of rotatable bonds is 6. The molecule has 0 aliphatic carbocycles. The molecule has 3 aromatic rings.